The topological polar surface area (TPSA) is 457 Å². The Labute approximate surface area is 337 Å². The van der Waals surface area contributed by atoms with Crippen LogP contribution in [0.3, 0.4) is 0 Å². The van der Waals surface area contributed by atoms with Crippen molar-refractivity contribution in [3.8, 4) is 0 Å². The smallest absolute Gasteiger partial charge is 0.212 e. The molecule has 21 nitrogen and oxygen atoms in total. The summed E-state index contributed by atoms with van der Waals surface area (Å²) in [4.78, 5) is 49.4. The van der Waals surface area contributed by atoms with Gasteiger partial charge in [-0.2, -0.15) is 15.0 Å². The Hall–Kier alpha value is -2.34. The van der Waals surface area contributed by atoms with Gasteiger partial charge in [-0.05, 0) is 42.0 Å². The predicted molar refractivity (Wildman–Crippen MR) is 231 cm³/mol. The van der Waals surface area contributed by atoms with E-state index in [4.69, 9.17) is 44.0 Å². The number of hydrogen-bond donors (Lipinski definition) is 12. The number of nitrogens with two attached hydrogens (primary N) is 10. The van der Waals surface area contributed by atoms with Crippen LogP contribution in [0.15, 0.2) is 49.7 Å². The standard InChI is InChI=1S/3C4H6N4S.C3H6O.2C2H4O.4CH5N.I3.2H3N/c3*5-3(6)8-4-7-1-2-9-4;1-2-3-4;2*1-2-3;4*1-2;1-3-2;;/h3*1-2H,(H4,5,6,7,8);3H,2H2,1H3;2*2H,1H3;4*2H2,1H3;;2*1H3/q;;;;;;;;;;-1;;. The van der Waals surface area contributed by atoms with E-state index in [0.29, 0.717) is 35.1 Å². The van der Waals surface area contributed by atoms with Gasteiger partial charge in [0.1, 0.15) is 18.9 Å². The SMILES string of the molecule is CC=O.CC=O.CCC=O.CN.CN.CN.CN.I[I-]I.N.N.NC(N)=Nc1nccs1.NC(N)=Nc1nccs1.NC(N)=Nc1nccs1. The van der Waals surface area contributed by atoms with Crippen molar-refractivity contribution < 1.29 is 27.6 Å². The van der Waals surface area contributed by atoms with Gasteiger partial charge >= 0.3 is 50.5 Å². The molecular weight excluding hydrogens is 1050 g/mol. The fourth-order valence-electron chi connectivity index (χ4n) is 1.14. The molecule has 3 aromatic heterocycles. The van der Waals surface area contributed by atoms with E-state index < -0.39 is 0 Å². The summed E-state index contributed by atoms with van der Waals surface area (Å²) in [5.74, 6) is 0.139. The molecule has 0 aliphatic rings. The molecule has 26 N–H and O–H groups in total. The van der Waals surface area contributed by atoms with E-state index in [1.807, 2.05) is 23.1 Å². The number of rotatable bonds is 4. The summed E-state index contributed by atoms with van der Waals surface area (Å²) in [6.45, 7) is 4.70. The van der Waals surface area contributed by atoms with Crippen molar-refractivity contribution in [2.45, 2.75) is 27.2 Å². The van der Waals surface area contributed by atoms with Gasteiger partial charge in [-0.3, -0.25) is 0 Å². The predicted octanol–water partition coefficient (Wildman–Crippen LogP) is -1.45. The maximum Gasteiger partial charge on any atom is 0.212 e. The minimum absolute atomic E-state index is 0. The molecule has 50 heavy (non-hydrogen) atoms. The number of guanidine groups is 3. The summed E-state index contributed by atoms with van der Waals surface area (Å²) in [5, 5.41) is 7.20. The molecule has 0 aromatic carbocycles. The van der Waals surface area contributed by atoms with E-state index in [2.05, 4.69) is 90.1 Å². The summed E-state index contributed by atoms with van der Waals surface area (Å²) >= 11 is 9.48. The van der Waals surface area contributed by atoms with Gasteiger partial charge in [0.05, 0.1) is 0 Å². The number of carbonyl (C=O) groups excluding carboxylic acids is 3. The van der Waals surface area contributed by atoms with Crippen LogP contribution in [0.2, 0.25) is 0 Å². The van der Waals surface area contributed by atoms with Crippen molar-refractivity contribution in [1.82, 2.24) is 27.3 Å². The maximum atomic E-state index is 9.17. The van der Waals surface area contributed by atoms with E-state index in [-0.39, 0.29) is 30.2 Å². The summed E-state index contributed by atoms with van der Waals surface area (Å²) < 4.78 is 0. The van der Waals surface area contributed by atoms with E-state index in [1.54, 1.807) is 18.6 Å². The molecule has 0 atom stereocenters. The molecular formula is C23H58I3N18O3S3-. The summed E-state index contributed by atoms with van der Waals surface area (Å²) in [6.07, 6.45) is 7.95. The Balaban J connectivity index is -0.0000000467. The first-order valence-electron chi connectivity index (χ1n) is 12.4. The molecule has 0 amide bonds. The zero-order chi connectivity index (χ0) is 39.6. The van der Waals surface area contributed by atoms with Crippen LogP contribution in [0.5, 0.6) is 0 Å². The molecule has 0 aliphatic heterocycles. The molecule has 3 rings (SSSR count). The van der Waals surface area contributed by atoms with Crippen LogP contribution >= 0.6 is 71.2 Å². The van der Waals surface area contributed by atoms with E-state index >= 15 is 0 Å². The van der Waals surface area contributed by atoms with E-state index in [9.17, 15) is 4.79 Å². The largest absolute Gasteiger partial charge is 0.370 e. The Morgan fingerprint density at radius 2 is 0.780 bits per heavy atom. The van der Waals surface area contributed by atoms with Crippen molar-refractivity contribution in [2.75, 3.05) is 28.2 Å². The Morgan fingerprint density at radius 1 is 0.620 bits per heavy atom. The second-order valence-corrected chi connectivity index (χ2v) is 24.0. The van der Waals surface area contributed by atoms with Crippen molar-refractivity contribution in [3.63, 3.8) is 0 Å². The van der Waals surface area contributed by atoms with Crippen molar-refractivity contribution in [2.24, 2.45) is 72.3 Å². The van der Waals surface area contributed by atoms with Crippen LogP contribution in [0.4, 0.5) is 15.4 Å². The molecule has 298 valence electrons. The fourth-order valence-corrected chi connectivity index (χ4v) is 2.71. The number of halogens is 3. The normalized spacial score (nSPS) is 6.74. The maximum absolute atomic E-state index is 9.17. The van der Waals surface area contributed by atoms with E-state index in [1.165, 1.54) is 76.0 Å². The molecule has 0 saturated carbocycles. The first kappa shape index (κ1) is 73.2. The molecule has 27 heteroatoms. The summed E-state index contributed by atoms with van der Waals surface area (Å²) in [7, 11) is 6.00. The zero-order valence-electron chi connectivity index (χ0n) is 29.4. The minimum atomic E-state index is 0. The van der Waals surface area contributed by atoms with Crippen molar-refractivity contribution in [3.05, 3.63) is 34.7 Å². The average molecular weight is 1110 g/mol. The third-order valence-corrected chi connectivity index (χ3v) is 4.09. The molecule has 0 bridgehead atoms. The van der Waals surface area contributed by atoms with Crippen LogP contribution in [-0.4, -0.2) is 79.9 Å². The molecule has 0 spiro atoms. The third-order valence-electron chi connectivity index (χ3n) is 2.10. The van der Waals surface area contributed by atoms with Crippen LogP contribution in [-0.2, 0) is 14.4 Å². The van der Waals surface area contributed by atoms with Gasteiger partial charge in [0, 0.05) is 41.2 Å². The van der Waals surface area contributed by atoms with Gasteiger partial charge < -0.3 is 84.0 Å². The molecule has 0 unspecified atom stereocenters. The molecule has 0 aliphatic carbocycles. The molecule has 0 saturated heterocycles. The first-order chi connectivity index (χ1) is 23.0. The van der Waals surface area contributed by atoms with Crippen LogP contribution in [0.1, 0.15) is 27.2 Å². The second-order valence-electron chi connectivity index (χ2n) is 5.15. The fraction of sp³-hybridized carbons (Fsp3) is 0.348. The first-order valence-corrected chi connectivity index (χ1v) is 27.6. The Kier molecular flexibility index (Phi) is 112. The number of aromatic nitrogens is 3. The number of carbonyl (C=O) groups is 3. The van der Waals surface area contributed by atoms with Gasteiger partial charge in [0.2, 0.25) is 15.4 Å². The number of hydrogen-bond acceptors (Lipinski definition) is 18. The number of thiazole rings is 3. The molecule has 0 fully saturated rings. The van der Waals surface area contributed by atoms with Crippen LogP contribution in [0, 0.1) is 0 Å². The number of aldehydes is 3. The second kappa shape index (κ2) is 76.5. The minimum Gasteiger partial charge on any atom is -0.370 e. The van der Waals surface area contributed by atoms with Gasteiger partial charge in [0.25, 0.3) is 0 Å². The summed E-state index contributed by atoms with van der Waals surface area (Å²) in [6, 6.07) is 0. The van der Waals surface area contributed by atoms with Crippen molar-refractivity contribution in [1.29, 1.82) is 0 Å². The van der Waals surface area contributed by atoms with Crippen LogP contribution < -0.4 is 82.9 Å². The van der Waals surface area contributed by atoms with E-state index in [0.717, 1.165) is 18.9 Å². The van der Waals surface area contributed by atoms with Gasteiger partial charge in [-0.15, -0.1) is 34.0 Å². The Bertz CT molecular complexity index is 919. The quantitative estimate of drug-likeness (QED) is 0.0615. The summed E-state index contributed by atoms with van der Waals surface area (Å²) in [5.41, 5.74) is 48.5. The zero-order valence-corrected chi connectivity index (χ0v) is 38.3. The average Bonchev–Trinajstić information content (AvgIpc) is 3.88. The Morgan fingerprint density at radius 3 is 0.860 bits per heavy atom. The van der Waals surface area contributed by atoms with Crippen LogP contribution in [0.25, 0.3) is 0 Å². The molecule has 3 heterocycles. The van der Waals surface area contributed by atoms with Gasteiger partial charge in [-0.1, -0.05) is 6.92 Å². The van der Waals surface area contributed by atoms with Crippen molar-refractivity contribution >= 4 is 123 Å². The molecule has 3 aromatic rings. The number of nitrogens with zero attached hydrogens (tertiary/aromatic N) is 6. The monoisotopic (exact) mass is 1110 g/mol. The third kappa shape index (κ3) is 90.9. The number of aliphatic imine (C=N–C) groups is 3. The van der Waals surface area contributed by atoms with Gasteiger partial charge in [0.15, 0.2) is 17.9 Å². The van der Waals surface area contributed by atoms with Gasteiger partial charge in [-0.25, -0.2) is 15.0 Å². The molecule has 0 radical (unpaired) electrons.